The maximum atomic E-state index is 13.8. The Morgan fingerprint density at radius 1 is 1.19 bits per heavy atom. The maximum absolute atomic E-state index is 13.8. The molecule has 1 saturated heterocycles. The molecule has 0 radical (unpaired) electrons. The zero-order chi connectivity index (χ0) is 19.7. The molecule has 0 bridgehead atoms. The second-order valence-electron chi connectivity index (χ2n) is 6.40. The number of nitro groups is 1. The number of nitrogens with zero attached hydrogens (tertiary/aromatic N) is 3. The molecule has 1 aliphatic heterocycles. The summed E-state index contributed by atoms with van der Waals surface area (Å²) >= 11 is 0. The summed E-state index contributed by atoms with van der Waals surface area (Å²) < 4.78 is 13.8. The lowest BCUT2D eigenvalue weighted by Gasteiger charge is -2.39. The first-order valence-electron chi connectivity index (χ1n) is 8.42. The monoisotopic (exact) mass is 371 g/mol. The average Bonchev–Trinajstić information content (AvgIpc) is 2.66. The van der Waals surface area contributed by atoms with E-state index in [-0.39, 0.29) is 36.2 Å². The van der Waals surface area contributed by atoms with E-state index >= 15 is 0 Å². The Labute approximate surface area is 155 Å². The average molecular weight is 371 g/mol. The van der Waals surface area contributed by atoms with Crippen molar-refractivity contribution in [3.8, 4) is 0 Å². The number of hydrogen-bond acceptors (Lipinski definition) is 4. The minimum absolute atomic E-state index is 0.109. The Balaban J connectivity index is 1.78. The molecule has 0 N–H and O–H groups in total. The predicted molar refractivity (Wildman–Crippen MR) is 97.1 cm³/mol. The number of non-ortho nitro benzene ring substituents is 1. The summed E-state index contributed by atoms with van der Waals surface area (Å²) in [6, 6.07) is 9.13. The largest absolute Gasteiger partial charge is 0.325 e. The van der Waals surface area contributed by atoms with Crippen molar-refractivity contribution in [2.24, 2.45) is 0 Å². The Morgan fingerprint density at radius 3 is 2.44 bits per heavy atom. The standard InChI is InChI=1S/C19H18FN3O4/c1-12-3-6-16(11-17(12)20)22-10-9-21(13(2)18(22)24)19(25)14-4-7-15(8-5-14)23(26)27/h3-8,11,13H,9-10H2,1-2H3/t13-/m1/s1. The Bertz CT molecular complexity index is 914. The van der Waals surface area contributed by atoms with Gasteiger partial charge in [-0.25, -0.2) is 4.39 Å². The van der Waals surface area contributed by atoms with Gasteiger partial charge in [-0.2, -0.15) is 0 Å². The highest BCUT2D eigenvalue weighted by Gasteiger charge is 2.35. The third-order valence-electron chi connectivity index (χ3n) is 4.71. The summed E-state index contributed by atoms with van der Waals surface area (Å²) in [5.74, 6) is -1.07. The molecule has 8 heteroatoms. The molecule has 2 amide bonds. The minimum atomic E-state index is -0.731. The van der Waals surface area contributed by atoms with Crippen molar-refractivity contribution in [2.75, 3.05) is 18.0 Å². The first kappa shape index (κ1) is 18.5. The number of amides is 2. The zero-order valence-corrected chi connectivity index (χ0v) is 14.9. The molecular formula is C19H18FN3O4. The number of anilines is 1. The van der Waals surface area contributed by atoms with Gasteiger partial charge in [-0.1, -0.05) is 6.07 Å². The van der Waals surface area contributed by atoms with E-state index in [1.54, 1.807) is 26.0 Å². The van der Waals surface area contributed by atoms with Crippen LogP contribution in [0.1, 0.15) is 22.8 Å². The van der Waals surface area contributed by atoms with Gasteiger partial charge in [-0.3, -0.25) is 19.7 Å². The van der Waals surface area contributed by atoms with Gasteiger partial charge in [0.2, 0.25) is 5.91 Å². The number of rotatable bonds is 3. The fourth-order valence-electron chi connectivity index (χ4n) is 3.05. The SMILES string of the molecule is Cc1ccc(N2CCN(C(=O)c3ccc([N+](=O)[O-])cc3)[C@H](C)C2=O)cc1F. The summed E-state index contributed by atoms with van der Waals surface area (Å²) in [6.45, 7) is 3.77. The van der Waals surface area contributed by atoms with Crippen molar-refractivity contribution >= 4 is 23.2 Å². The highest BCUT2D eigenvalue weighted by atomic mass is 19.1. The molecule has 1 atom stereocenters. The highest BCUT2D eigenvalue weighted by Crippen LogP contribution is 2.24. The van der Waals surface area contributed by atoms with Gasteiger partial charge >= 0.3 is 0 Å². The van der Waals surface area contributed by atoms with Gasteiger partial charge in [0.1, 0.15) is 11.9 Å². The number of piperazine rings is 1. The van der Waals surface area contributed by atoms with Crippen LogP contribution in [-0.4, -0.2) is 40.8 Å². The molecule has 0 spiro atoms. The Hall–Kier alpha value is -3.29. The number of aryl methyl sites for hydroxylation is 1. The Kier molecular flexibility index (Phi) is 4.89. The number of carbonyl (C=O) groups is 2. The van der Waals surface area contributed by atoms with Gasteiger partial charge in [0.05, 0.1) is 4.92 Å². The van der Waals surface area contributed by atoms with Crippen LogP contribution in [0.3, 0.4) is 0 Å². The van der Waals surface area contributed by atoms with Gasteiger partial charge in [0.25, 0.3) is 11.6 Å². The van der Waals surface area contributed by atoms with Crippen LogP contribution < -0.4 is 4.90 Å². The van der Waals surface area contributed by atoms with Crippen LogP contribution in [-0.2, 0) is 4.79 Å². The van der Waals surface area contributed by atoms with Gasteiger partial charge < -0.3 is 9.80 Å². The molecule has 0 saturated carbocycles. The van der Waals surface area contributed by atoms with E-state index < -0.39 is 16.8 Å². The quantitative estimate of drug-likeness (QED) is 0.613. The van der Waals surface area contributed by atoms with Crippen molar-refractivity contribution < 1.29 is 18.9 Å². The topological polar surface area (TPSA) is 83.8 Å². The fourth-order valence-corrected chi connectivity index (χ4v) is 3.05. The molecule has 2 aromatic carbocycles. The van der Waals surface area contributed by atoms with Crippen LogP contribution in [0.2, 0.25) is 0 Å². The predicted octanol–water partition coefficient (Wildman–Crippen LogP) is 2.92. The third kappa shape index (κ3) is 3.51. The number of nitro benzene ring substituents is 1. The molecular weight excluding hydrogens is 353 g/mol. The molecule has 27 heavy (non-hydrogen) atoms. The molecule has 0 unspecified atom stereocenters. The highest BCUT2D eigenvalue weighted by molar-refractivity contribution is 6.03. The lowest BCUT2D eigenvalue weighted by atomic mass is 10.1. The summed E-state index contributed by atoms with van der Waals surface area (Å²) in [7, 11) is 0. The molecule has 1 aliphatic rings. The molecule has 7 nitrogen and oxygen atoms in total. The Morgan fingerprint density at radius 2 is 1.85 bits per heavy atom. The smallest absolute Gasteiger partial charge is 0.269 e. The van der Waals surface area contributed by atoms with Gasteiger partial charge in [0.15, 0.2) is 0 Å². The molecule has 140 valence electrons. The van der Waals surface area contributed by atoms with Crippen LogP contribution in [0, 0.1) is 22.9 Å². The van der Waals surface area contributed by atoms with E-state index in [0.717, 1.165) is 0 Å². The van der Waals surface area contributed by atoms with Gasteiger partial charge in [0, 0.05) is 36.5 Å². The van der Waals surface area contributed by atoms with E-state index in [1.165, 1.54) is 40.1 Å². The molecule has 1 fully saturated rings. The number of carbonyl (C=O) groups excluding carboxylic acids is 2. The van der Waals surface area contributed by atoms with E-state index in [9.17, 15) is 24.1 Å². The van der Waals surface area contributed by atoms with Crippen molar-refractivity contribution in [3.63, 3.8) is 0 Å². The van der Waals surface area contributed by atoms with E-state index in [1.807, 2.05) is 0 Å². The minimum Gasteiger partial charge on any atom is -0.325 e. The number of halogens is 1. The fraction of sp³-hybridized carbons (Fsp3) is 0.263. The number of hydrogen-bond donors (Lipinski definition) is 0. The maximum Gasteiger partial charge on any atom is 0.269 e. The number of benzene rings is 2. The van der Waals surface area contributed by atoms with Crippen molar-refractivity contribution in [1.29, 1.82) is 0 Å². The summed E-state index contributed by atoms with van der Waals surface area (Å²) in [4.78, 5) is 38.5. The first-order chi connectivity index (χ1) is 12.8. The molecule has 0 aliphatic carbocycles. The van der Waals surface area contributed by atoms with Crippen LogP contribution in [0.25, 0.3) is 0 Å². The lowest BCUT2D eigenvalue weighted by molar-refractivity contribution is -0.384. The zero-order valence-electron chi connectivity index (χ0n) is 14.9. The second kappa shape index (κ2) is 7.14. The molecule has 1 heterocycles. The summed E-state index contributed by atoms with van der Waals surface area (Å²) in [5.41, 5.74) is 1.11. The van der Waals surface area contributed by atoms with Gasteiger partial charge in [-0.05, 0) is 43.7 Å². The van der Waals surface area contributed by atoms with Crippen LogP contribution in [0.15, 0.2) is 42.5 Å². The molecule has 3 rings (SSSR count). The molecule has 2 aromatic rings. The lowest BCUT2D eigenvalue weighted by Crippen LogP contribution is -2.57. The van der Waals surface area contributed by atoms with E-state index in [0.29, 0.717) is 11.3 Å². The van der Waals surface area contributed by atoms with Crippen LogP contribution in [0.4, 0.5) is 15.8 Å². The van der Waals surface area contributed by atoms with Crippen LogP contribution >= 0.6 is 0 Å². The van der Waals surface area contributed by atoms with Crippen molar-refractivity contribution in [2.45, 2.75) is 19.9 Å². The first-order valence-corrected chi connectivity index (χ1v) is 8.42. The van der Waals surface area contributed by atoms with Gasteiger partial charge in [-0.15, -0.1) is 0 Å². The van der Waals surface area contributed by atoms with Crippen molar-refractivity contribution in [1.82, 2.24) is 4.90 Å². The third-order valence-corrected chi connectivity index (χ3v) is 4.71. The normalized spacial score (nSPS) is 17.1. The summed E-state index contributed by atoms with van der Waals surface area (Å²) in [6.07, 6.45) is 0. The summed E-state index contributed by atoms with van der Waals surface area (Å²) in [5, 5.41) is 10.7. The van der Waals surface area contributed by atoms with E-state index in [4.69, 9.17) is 0 Å². The van der Waals surface area contributed by atoms with Crippen molar-refractivity contribution in [3.05, 3.63) is 69.5 Å². The van der Waals surface area contributed by atoms with E-state index in [2.05, 4.69) is 0 Å². The second-order valence-corrected chi connectivity index (χ2v) is 6.40. The van der Waals surface area contributed by atoms with Crippen LogP contribution in [0.5, 0.6) is 0 Å². The molecule has 0 aromatic heterocycles.